The molecule has 21 heavy (non-hydrogen) atoms. The Morgan fingerprint density at radius 2 is 2.14 bits per heavy atom. The summed E-state index contributed by atoms with van der Waals surface area (Å²) in [5, 5.41) is 0. The minimum absolute atomic E-state index is 0.0313. The van der Waals surface area contributed by atoms with Gasteiger partial charge in [-0.3, -0.25) is 4.79 Å². The highest BCUT2D eigenvalue weighted by atomic mass is 16.5. The Bertz CT molecular complexity index is 516. The molecule has 4 heteroatoms. The van der Waals surface area contributed by atoms with E-state index < -0.39 is 0 Å². The Balaban J connectivity index is 2.08. The monoisotopic (exact) mass is 290 g/mol. The summed E-state index contributed by atoms with van der Waals surface area (Å²) < 4.78 is 5.71. The molecular formula is C17H26N2O2. The number of ether oxygens (including phenoxy) is 1. The fourth-order valence-corrected chi connectivity index (χ4v) is 2.98. The lowest BCUT2D eigenvalue weighted by Crippen LogP contribution is -2.38. The van der Waals surface area contributed by atoms with Crippen molar-refractivity contribution in [2.24, 2.45) is 5.73 Å². The first-order chi connectivity index (χ1) is 9.93. The minimum Gasteiger partial charge on any atom is -0.364 e. The highest BCUT2D eigenvalue weighted by Gasteiger charge is 2.33. The molecule has 3 atom stereocenters. The van der Waals surface area contributed by atoms with Gasteiger partial charge in [-0.25, -0.2) is 0 Å². The van der Waals surface area contributed by atoms with Gasteiger partial charge in [-0.15, -0.1) is 0 Å². The number of likely N-dealkylation sites (N-methyl/N-ethyl adjacent to an activating group) is 1. The van der Waals surface area contributed by atoms with Crippen LogP contribution in [0.1, 0.15) is 42.5 Å². The molecule has 1 unspecified atom stereocenters. The van der Waals surface area contributed by atoms with Gasteiger partial charge < -0.3 is 15.4 Å². The second-order valence-electron chi connectivity index (χ2n) is 6.04. The van der Waals surface area contributed by atoms with Crippen molar-refractivity contribution in [3.63, 3.8) is 0 Å². The molecule has 0 saturated carbocycles. The zero-order chi connectivity index (χ0) is 15.6. The summed E-state index contributed by atoms with van der Waals surface area (Å²) in [5.74, 6) is 0.0541. The second kappa shape index (κ2) is 6.58. The van der Waals surface area contributed by atoms with E-state index in [1.54, 1.807) is 4.90 Å². The molecular weight excluding hydrogens is 264 g/mol. The molecule has 0 aliphatic carbocycles. The number of hydrogen-bond acceptors (Lipinski definition) is 3. The Morgan fingerprint density at radius 1 is 1.43 bits per heavy atom. The SMILES string of the molecule is Cc1ccc(C(C)N(C)C(=O)[C@@H]2CC[C@H](CN)O2)c(C)c1. The van der Waals surface area contributed by atoms with Crippen LogP contribution in [0.4, 0.5) is 0 Å². The topological polar surface area (TPSA) is 55.6 Å². The van der Waals surface area contributed by atoms with Gasteiger partial charge in [0.25, 0.3) is 5.91 Å². The van der Waals surface area contributed by atoms with E-state index in [9.17, 15) is 4.79 Å². The molecule has 1 heterocycles. The standard InChI is InChI=1S/C17H26N2O2/c1-11-5-7-15(12(2)9-11)13(3)19(4)17(20)16-8-6-14(10-18)21-16/h5,7,9,13-14,16H,6,8,10,18H2,1-4H3/t13?,14-,16+/m1/s1. The molecule has 2 rings (SSSR count). The van der Waals surface area contributed by atoms with Crippen molar-refractivity contribution in [1.29, 1.82) is 0 Å². The zero-order valence-electron chi connectivity index (χ0n) is 13.4. The normalized spacial score (nSPS) is 23.1. The molecule has 116 valence electrons. The number of carbonyl (C=O) groups excluding carboxylic acids is 1. The van der Waals surface area contributed by atoms with Crippen LogP contribution in [0.2, 0.25) is 0 Å². The molecule has 1 aromatic carbocycles. The van der Waals surface area contributed by atoms with Crippen molar-refractivity contribution in [1.82, 2.24) is 4.90 Å². The van der Waals surface area contributed by atoms with Crippen molar-refractivity contribution in [2.75, 3.05) is 13.6 Å². The number of rotatable bonds is 4. The smallest absolute Gasteiger partial charge is 0.251 e. The predicted octanol–water partition coefficient (Wildman–Crippen LogP) is 2.33. The number of benzene rings is 1. The molecule has 1 fully saturated rings. The molecule has 0 aromatic heterocycles. The van der Waals surface area contributed by atoms with Gasteiger partial charge in [-0.05, 0) is 44.7 Å². The van der Waals surface area contributed by atoms with E-state index in [1.807, 2.05) is 7.05 Å². The molecule has 2 N–H and O–H groups in total. The Hall–Kier alpha value is -1.39. The second-order valence-corrected chi connectivity index (χ2v) is 6.04. The van der Waals surface area contributed by atoms with Crippen molar-refractivity contribution in [3.05, 3.63) is 34.9 Å². The molecule has 0 radical (unpaired) electrons. The van der Waals surface area contributed by atoms with Gasteiger partial charge in [0.15, 0.2) is 0 Å². The summed E-state index contributed by atoms with van der Waals surface area (Å²) in [6, 6.07) is 6.39. The Morgan fingerprint density at radius 3 is 2.71 bits per heavy atom. The summed E-state index contributed by atoms with van der Waals surface area (Å²) in [7, 11) is 1.85. The summed E-state index contributed by atoms with van der Waals surface area (Å²) in [5.41, 5.74) is 9.25. The number of nitrogens with two attached hydrogens (primary N) is 1. The van der Waals surface area contributed by atoms with Gasteiger partial charge in [-0.1, -0.05) is 23.8 Å². The molecule has 4 nitrogen and oxygen atoms in total. The molecule has 1 aliphatic rings. The maximum Gasteiger partial charge on any atom is 0.251 e. The average molecular weight is 290 g/mol. The van der Waals surface area contributed by atoms with Gasteiger partial charge in [0.1, 0.15) is 6.10 Å². The first-order valence-corrected chi connectivity index (χ1v) is 7.63. The summed E-state index contributed by atoms with van der Waals surface area (Å²) in [6.45, 7) is 6.72. The maximum atomic E-state index is 12.6. The molecule has 1 aromatic rings. The molecule has 1 amide bonds. The van der Waals surface area contributed by atoms with Crippen LogP contribution in [-0.2, 0) is 9.53 Å². The van der Waals surface area contributed by atoms with Crippen LogP contribution in [0, 0.1) is 13.8 Å². The number of hydrogen-bond donors (Lipinski definition) is 1. The van der Waals surface area contributed by atoms with E-state index in [1.165, 1.54) is 16.7 Å². The first-order valence-electron chi connectivity index (χ1n) is 7.63. The van der Waals surface area contributed by atoms with Crippen LogP contribution in [0.15, 0.2) is 18.2 Å². The summed E-state index contributed by atoms with van der Waals surface area (Å²) >= 11 is 0. The average Bonchev–Trinajstić information content (AvgIpc) is 2.94. The van der Waals surface area contributed by atoms with Crippen molar-refractivity contribution < 1.29 is 9.53 Å². The van der Waals surface area contributed by atoms with Gasteiger partial charge >= 0.3 is 0 Å². The van der Waals surface area contributed by atoms with Crippen LogP contribution < -0.4 is 5.73 Å². The van der Waals surface area contributed by atoms with Gasteiger partial charge in [0, 0.05) is 13.6 Å². The molecule has 1 aliphatic heterocycles. The third-order valence-corrected chi connectivity index (χ3v) is 4.45. The van der Waals surface area contributed by atoms with E-state index in [0.717, 1.165) is 12.8 Å². The maximum absolute atomic E-state index is 12.6. The van der Waals surface area contributed by atoms with E-state index in [2.05, 4.69) is 39.0 Å². The van der Waals surface area contributed by atoms with E-state index in [-0.39, 0.29) is 24.2 Å². The van der Waals surface area contributed by atoms with Gasteiger partial charge in [0.2, 0.25) is 0 Å². The lowest BCUT2D eigenvalue weighted by molar-refractivity contribution is -0.143. The van der Waals surface area contributed by atoms with Crippen LogP contribution in [-0.4, -0.2) is 36.6 Å². The van der Waals surface area contributed by atoms with Crippen LogP contribution >= 0.6 is 0 Å². The van der Waals surface area contributed by atoms with Crippen molar-refractivity contribution in [2.45, 2.75) is 51.9 Å². The first kappa shape index (κ1) is 16.0. The third-order valence-electron chi connectivity index (χ3n) is 4.45. The summed E-state index contributed by atoms with van der Waals surface area (Å²) in [6.07, 6.45) is 1.34. The molecule has 1 saturated heterocycles. The summed E-state index contributed by atoms with van der Waals surface area (Å²) in [4.78, 5) is 14.4. The minimum atomic E-state index is -0.336. The van der Waals surface area contributed by atoms with Crippen molar-refractivity contribution >= 4 is 5.91 Å². The Kier molecular flexibility index (Phi) is 5.01. The molecule has 0 spiro atoms. The van der Waals surface area contributed by atoms with E-state index >= 15 is 0 Å². The number of nitrogens with zero attached hydrogens (tertiary/aromatic N) is 1. The number of amides is 1. The fraction of sp³-hybridized carbons (Fsp3) is 0.588. The number of carbonyl (C=O) groups is 1. The van der Waals surface area contributed by atoms with Gasteiger partial charge in [0.05, 0.1) is 12.1 Å². The van der Waals surface area contributed by atoms with Crippen molar-refractivity contribution in [3.8, 4) is 0 Å². The van der Waals surface area contributed by atoms with Crippen LogP contribution in [0.3, 0.4) is 0 Å². The highest BCUT2D eigenvalue weighted by molar-refractivity contribution is 5.81. The zero-order valence-corrected chi connectivity index (χ0v) is 13.4. The lowest BCUT2D eigenvalue weighted by Gasteiger charge is -2.29. The Labute approximate surface area is 127 Å². The number of aryl methyl sites for hydroxylation is 2. The quantitative estimate of drug-likeness (QED) is 0.926. The molecule has 0 bridgehead atoms. The van der Waals surface area contributed by atoms with Crippen LogP contribution in [0.5, 0.6) is 0 Å². The predicted molar refractivity (Wildman–Crippen MR) is 84.1 cm³/mol. The van der Waals surface area contributed by atoms with E-state index in [4.69, 9.17) is 10.5 Å². The fourth-order valence-electron chi connectivity index (χ4n) is 2.98. The van der Waals surface area contributed by atoms with Crippen LogP contribution in [0.25, 0.3) is 0 Å². The highest BCUT2D eigenvalue weighted by Crippen LogP contribution is 2.27. The largest absolute Gasteiger partial charge is 0.364 e. The third kappa shape index (κ3) is 3.44. The van der Waals surface area contributed by atoms with E-state index in [0.29, 0.717) is 6.54 Å². The lowest BCUT2D eigenvalue weighted by atomic mass is 9.99. The van der Waals surface area contributed by atoms with Gasteiger partial charge in [-0.2, -0.15) is 0 Å².